The van der Waals surface area contributed by atoms with Gasteiger partial charge in [-0.15, -0.1) is 15.3 Å². The standard InChI is InChI=1S/C21H33N7O/c1-2-18-6-3-4-12-26(18)13-5-11-22-21(29)17-9-14-27(15-10-17)20-8-7-19-24-23-16-28(19)25-20/h7-8,16-18H,2-6,9-15H2,1H3,(H,22,29)/t18-/m1/s1. The molecule has 0 aromatic carbocycles. The Morgan fingerprint density at radius 3 is 2.86 bits per heavy atom. The van der Waals surface area contributed by atoms with Gasteiger partial charge in [0.25, 0.3) is 0 Å². The van der Waals surface area contributed by atoms with Gasteiger partial charge >= 0.3 is 0 Å². The summed E-state index contributed by atoms with van der Waals surface area (Å²) in [5.41, 5.74) is 0.748. The monoisotopic (exact) mass is 399 g/mol. The summed E-state index contributed by atoms with van der Waals surface area (Å²) in [5.74, 6) is 1.25. The highest BCUT2D eigenvalue weighted by Crippen LogP contribution is 2.22. The van der Waals surface area contributed by atoms with Crippen molar-refractivity contribution >= 4 is 17.4 Å². The first kappa shape index (κ1) is 20.1. The van der Waals surface area contributed by atoms with Gasteiger partial charge in [-0.1, -0.05) is 13.3 Å². The smallest absolute Gasteiger partial charge is 0.223 e. The fraction of sp³-hybridized carbons (Fsp3) is 0.714. The highest BCUT2D eigenvalue weighted by atomic mass is 16.1. The fourth-order valence-electron chi connectivity index (χ4n) is 4.71. The van der Waals surface area contributed by atoms with E-state index in [1.165, 1.54) is 32.2 Å². The lowest BCUT2D eigenvalue weighted by Gasteiger charge is -2.35. The first-order chi connectivity index (χ1) is 14.2. The van der Waals surface area contributed by atoms with Crippen molar-refractivity contribution in [2.45, 2.75) is 57.9 Å². The Balaban J connectivity index is 1.18. The van der Waals surface area contributed by atoms with Gasteiger partial charge in [0.2, 0.25) is 5.91 Å². The van der Waals surface area contributed by atoms with Crippen LogP contribution in [0.3, 0.4) is 0 Å². The van der Waals surface area contributed by atoms with Crippen LogP contribution in [0, 0.1) is 5.92 Å². The van der Waals surface area contributed by atoms with E-state index in [0.717, 1.165) is 62.9 Å². The molecule has 0 unspecified atom stereocenters. The van der Waals surface area contributed by atoms with Crippen molar-refractivity contribution in [2.75, 3.05) is 37.6 Å². The Kier molecular flexibility index (Phi) is 6.59. The highest BCUT2D eigenvalue weighted by Gasteiger charge is 2.26. The van der Waals surface area contributed by atoms with Crippen molar-refractivity contribution in [3.8, 4) is 0 Å². The molecule has 4 rings (SSSR count). The molecule has 2 aromatic heterocycles. The molecule has 1 amide bonds. The third-order valence-corrected chi connectivity index (χ3v) is 6.48. The number of anilines is 1. The molecule has 29 heavy (non-hydrogen) atoms. The average molecular weight is 400 g/mol. The van der Waals surface area contributed by atoms with Gasteiger partial charge in [-0.3, -0.25) is 4.79 Å². The molecule has 0 aliphatic carbocycles. The van der Waals surface area contributed by atoms with E-state index in [1.54, 1.807) is 10.8 Å². The molecule has 0 radical (unpaired) electrons. The quantitative estimate of drug-likeness (QED) is 0.719. The van der Waals surface area contributed by atoms with Crippen LogP contribution in [0.5, 0.6) is 0 Å². The number of fused-ring (bicyclic) bond motifs is 1. The third-order valence-electron chi connectivity index (χ3n) is 6.48. The molecule has 8 heteroatoms. The molecule has 2 aliphatic rings. The summed E-state index contributed by atoms with van der Waals surface area (Å²) in [7, 11) is 0. The van der Waals surface area contributed by atoms with Crippen molar-refractivity contribution in [3.05, 3.63) is 18.5 Å². The normalized spacial score (nSPS) is 21.6. The molecule has 1 atom stereocenters. The molecule has 158 valence electrons. The molecule has 2 aromatic rings. The van der Waals surface area contributed by atoms with Crippen LogP contribution in [-0.4, -0.2) is 69.4 Å². The number of piperidine rings is 2. The van der Waals surface area contributed by atoms with E-state index in [2.05, 4.69) is 37.3 Å². The van der Waals surface area contributed by atoms with E-state index in [9.17, 15) is 4.79 Å². The summed E-state index contributed by atoms with van der Waals surface area (Å²) < 4.78 is 1.69. The summed E-state index contributed by atoms with van der Waals surface area (Å²) in [6, 6.07) is 4.66. The van der Waals surface area contributed by atoms with Crippen molar-refractivity contribution in [3.63, 3.8) is 0 Å². The van der Waals surface area contributed by atoms with E-state index in [-0.39, 0.29) is 11.8 Å². The minimum atomic E-state index is 0.114. The van der Waals surface area contributed by atoms with Crippen LogP contribution >= 0.6 is 0 Å². The Morgan fingerprint density at radius 1 is 1.17 bits per heavy atom. The molecule has 4 heterocycles. The predicted molar refractivity (Wildman–Crippen MR) is 113 cm³/mol. The second-order valence-electron chi connectivity index (χ2n) is 8.32. The zero-order chi connectivity index (χ0) is 20.1. The van der Waals surface area contributed by atoms with Gasteiger partial charge in [-0.05, 0) is 57.2 Å². The maximum atomic E-state index is 12.6. The molecular formula is C21H33N7O. The minimum absolute atomic E-state index is 0.114. The van der Waals surface area contributed by atoms with Gasteiger partial charge in [0, 0.05) is 38.1 Å². The fourth-order valence-corrected chi connectivity index (χ4v) is 4.71. The first-order valence-corrected chi connectivity index (χ1v) is 11.2. The number of amides is 1. The van der Waals surface area contributed by atoms with Gasteiger partial charge in [-0.25, -0.2) is 0 Å². The summed E-state index contributed by atoms with van der Waals surface area (Å²) in [6.45, 7) is 7.11. The maximum absolute atomic E-state index is 12.6. The van der Waals surface area contributed by atoms with Crippen LogP contribution < -0.4 is 10.2 Å². The van der Waals surface area contributed by atoms with Crippen molar-refractivity contribution in [1.29, 1.82) is 0 Å². The Bertz CT molecular complexity index is 799. The lowest BCUT2D eigenvalue weighted by molar-refractivity contribution is -0.125. The van der Waals surface area contributed by atoms with E-state index in [1.807, 2.05) is 12.1 Å². The van der Waals surface area contributed by atoms with E-state index < -0.39 is 0 Å². The summed E-state index contributed by atoms with van der Waals surface area (Å²) >= 11 is 0. The molecule has 1 N–H and O–H groups in total. The topological polar surface area (TPSA) is 78.7 Å². The van der Waals surface area contributed by atoms with Gasteiger partial charge in [0.15, 0.2) is 5.65 Å². The number of rotatable bonds is 7. The van der Waals surface area contributed by atoms with Crippen LogP contribution in [0.4, 0.5) is 5.82 Å². The maximum Gasteiger partial charge on any atom is 0.223 e. The van der Waals surface area contributed by atoms with Gasteiger partial charge in [0.05, 0.1) is 0 Å². The molecular weight excluding hydrogens is 366 g/mol. The zero-order valence-electron chi connectivity index (χ0n) is 17.5. The Hall–Kier alpha value is -2.22. The average Bonchev–Trinajstić information content (AvgIpc) is 3.25. The Labute approximate surface area is 172 Å². The Morgan fingerprint density at radius 2 is 2.03 bits per heavy atom. The lowest BCUT2D eigenvalue weighted by atomic mass is 9.96. The summed E-state index contributed by atoms with van der Waals surface area (Å²) in [4.78, 5) is 17.4. The summed E-state index contributed by atoms with van der Waals surface area (Å²) in [6.07, 6.45) is 9.67. The molecule has 8 nitrogen and oxygen atoms in total. The number of nitrogens with zero attached hydrogens (tertiary/aromatic N) is 6. The van der Waals surface area contributed by atoms with Gasteiger partial charge < -0.3 is 15.1 Å². The molecule has 2 saturated heterocycles. The number of hydrogen-bond acceptors (Lipinski definition) is 6. The third kappa shape index (κ3) is 4.86. The van der Waals surface area contributed by atoms with E-state index in [0.29, 0.717) is 0 Å². The van der Waals surface area contributed by atoms with Gasteiger partial charge in [0.1, 0.15) is 12.1 Å². The SMILES string of the molecule is CC[C@@H]1CCCCN1CCCNC(=O)C1CCN(c2ccc3nncn3n2)CC1. The second kappa shape index (κ2) is 9.52. The van der Waals surface area contributed by atoms with Crippen LogP contribution in [0.1, 0.15) is 51.9 Å². The number of carbonyl (C=O) groups excluding carboxylic acids is 1. The van der Waals surface area contributed by atoms with E-state index in [4.69, 9.17) is 0 Å². The van der Waals surface area contributed by atoms with E-state index >= 15 is 0 Å². The molecule has 0 spiro atoms. The molecule has 2 fully saturated rings. The first-order valence-electron chi connectivity index (χ1n) is 11.2. The number of carbonyl (C=O) groups is 1. The number of aromatic nitrogens is 4. The predicted octanol–water partition coefficient (Wildman–Crippen LogP) is 2.11. The number of hydrogen-bond donors (Lipinski definition) is 1. The lowest BCUT2D eigenvalue weighted by Crippen LogP contribution is -2.42. The van der Waals surface area contributed by atoms with Crippen molar-refractivity contribution in [2.24, 2.45) is 5.92 Å². The molecule has 2 aliphatic heterocycles. The van der Waals surface area contributed by atoms with Crippen LogP contribution in [0.25, 0.3) is 5.65 Å². The largest absolute Gasteiger partial charge is 0.356 e. The number of likely N-dealkylation sites (tertiary alicyclic amines) is 1. The molecule has 0 saturated carbocycles. The van der Waals surface area contributed by atoms with Crippen LogP contribution in [0.2, 0.25) is 0 Å². The van der Waals surface area contributed by atoms with Crippen molar-refractivity contribution < 1.29 is 4.79 Å². The van der Waals surface area contributed by atoms with Gasteiger partial charge in [-0.2, -0.15) is 4.52 Å². The van der Waals surface area contributed by atoms with Crippen LogP contribution in [0.15, 0.2) is 18.5 Å². The highest BCUT2D eigenvalue weighted by molar-refractivity contribution is 5.78. The van der Waals surface area contributed by atoms with Crippen LogP contribution in [-0.2, 0) is 4.79 Å². The second-order valence-corrected chi connectivity index (χ2v) is 8.32. The van der Waals surface area contributed by atoms with Crippen molar-refractivity contribution in [1.82, 2.24) is 30.0 Å². The minimum Gasteiger partial charge on any atom is -0.356 e. The summed E-state index contributed by atoms with van der Waals surface area (Å²) in [5, 5.41) is 15.6. The molecule has 0 bridgehead atoms. The zero-order valence-corrected chi connectivity index (χ0v) is 17.5. The number of nitrogens with one attached hydrogen (secondary N) is 1.